The fraction of sp³-hybridized carbons (Fsp3) is 0.250. The lowest BCUT2D eigenvalue weighted by molar-refractivity contribution is 0.102. The molecule has 3 heterocycles. The maximum absolute atomic E-state index is 12.6. The SMILES string of the molecule is Cc1ccc(NC(=O)c2nc3c(s2)CCCN3Cc2ccccc2)cn1. The summed E-state index contributed by atoms with van der Waals surface area (Å²) in [4.78, 5) is 24.9. The first kappa shape index (κ1) is 16.7. The van der Waals surface area contributed by atoms with Crippen LogP contribution in [0.15, 0.2) is 48.7 Å². The molecule has 132 valence electrons. The van der Waals surface area contributed by atoms with Crippen LogP contribution < -0.4 is 10.2 Å². The Labute approximate surface area is 156 Å². The van der Waals surface area contributed by atoms with E-state index in [-0.39, 0.29) is 5.91 Å². The number of hydrogen-bond donors (Lipinski definition) is 1. The van der Waals surface area contributed by atoms with Gasteiger partial charge in [-0.05, 0) is 37.5 Å². The fourth-order valence-corrected chi connectivity index (χ4v) is 4.09. The Morgan fingerprint density at radius 1 is 1.23 bits per heavy atom. The highest BCUT2D eigenvalue weighted by Gasteiger charge is 2.24. The first-order valence-corrected chi connectivity index (χ1v) is 9.53. The lowest BCUT2D eigenvalue weighted by Gasteiger charge is -2.27. The highest BCUT2D eigenvalue weighted by molar-refractivity contribution is 7.14. The summed E-state index contributed by atoms with van der Waals surface area (Å²) in [5.41, 5.74) is 2.87. The summed E-state index contributed by atoms with van der Waals surface area (Å²) in [5, 5.41) is 3.40. The second kappa shape index (κ2) is 7.25. The summed E-state index contributed by atoms with van der Waals surface area (Å²) in [7, 11) is 0. The van der Waals surface area contributed by atoms with Crippen LogP contribution in [-0.4, -0.2) is 22.4 Å². The average Bonchev–Trinajstić information content (AvgIpc) is 3.10. The Bertz CT molecular complexity index is 905. The average molecular weight is 364 g/mol. The number of carbonyl (C=O) groups is 1. The molecule has 0 saturated heterocycles. The number of amides is 1. The molecule has 1 N–H and O–H groups in total. The molecule has 0 bridgehead atoms. The van der Waals surface area contributed by atoms with Crippen LogP contribution in [0.3, 0.4) is 0 Å². The van der Waals surface area contributed by atoms with Crippen LogP contribution >= 0.6 is 11.3 Å². The van der Waals surface area contributed by atoms with Crippen molar-refractivity contribution in [3.63, 3.8) is 0 Å². The molecule has 6 heteroatoms. The fourth-order valence-electron chi connectivity index (χ4n) is 3.07. The number of fused-ring (bicyclic) bond motifs is 1. The molecule has 3 aromatic rings. The number of benzene rings is 1. The zero-order valence-corrected chi connectivity index (χ0v) is 15.4. The number of nitrogens with one attached hydrogen (secondary N) is 1. The van der Waals surface area contributed by atoms with E-state index in [1.807, 2.05) is 25.1 Å². The molecule has 4 rings (SSSR count). The monoisotopic (exact) mass is 364 g/mol. The Hall–Kier alpha value is -2.73. The zero-order valence-electron chi connectivity index (χ0n) is 14.6. The summed E-state index contributed by atoms with van der Waals surface area (Å²) < 4.78 is 0. The smallest absolute Gasteiger partial charge is 0.284 e. The quantitative estimate of drug-likeness (QED) is 0.759. The van der Waals surface area contributed by atoms with Gasteiger partial charge in [0.05, 0.1) is 11.9 Å². The number of thiazole rings is 1. The molecular formula is C20H20N4OS. The first-order valence-electron chi connectivity index (χ1n) is 8.71. The van der Waals surface area contributed by atoms with Gasteiger partial charge in [0.15, 0.2) is 5.01 Å². The summed E-state index contributed by atoms with van der Waals surface area (Å²) in [5.74, 6) is 0.784. The molecule has 2 aromatic heterocycles. The van der Waals surface area contributed by atoms with Gasteiger partial charge in [-0.2, -0.15) is 0 Å². The van der Waals surface area contributed by atoms with E-state index >= 15 is 0 Å². The molecule has 26 heavy (non-hydrogen) atoms. The number of rotatable bonds is 4. The van der Waals surface area contributed by atoms with Gasteiger partial charge in [0, 0.05) is 23.7 Å². The number of hydrogen-bond acceptors (Lipinski definition) is 5. The third-order valence-electron chi connectivity index (χ3n) is 4.39. The predicted molar refractivity (Wildman–Crippen MR) is 105 cm³/mol. The standard InChI is InChI=1S/C20H20N4OS/c1-14-9-10-16(12-21-14)22-19(25)20-23-18-17(26-20)8-5-11-24(18)13-15-6-3-2-4-7-15/h2-4,6-7,9-10,12H,5,8,11,13H2,1H3,(H,22,25). The van der Waals surface area contributed by atoms with Crippen LogP contribution in [-0.2, 0) is 13.0 Å². The number of aromatic nitrogens is 2. The van der Waals surface area contributed by atoms with E-state index in [1.165, 1.54) is 21.8 Å². The van der Waals surface area contributed by atoms with E-state index in [0.29, 0.717) is 10.7 Å². The largest absolute Gasteiger partial charge is 0.351 e. The maximum atomic E-state index is 12.6. The van der Waals surface area contributed by atoms with Gasteiger partial charge in [-0.15, -0.1) is 11.3 Å². The lowest BCUT2D eigenvalue weighted by atomic mass is 10.1. The molecule has 0 atom stereocenters. The van der Waals surface area contributed by atoms with Gasteiger partial charge in [0.1, 0.15) is 5.82 Å². The van der Waals surface area contributed by atoms with Crippen molar-refractivity contribution in [3.05, 3.63) is 69.8 Å². The van der Waals surface area contributed by atoms with E-state index in [0.717, 1.165) is 37.4 Å². The van der Waals surface area contributed by atoms with Crippen LogP contribution in [0.1, 0.15) is 32.4 Å². The molecule has 0 radical (unpaired) electrons. The summed E-state index contributed by atoms with van der Waals surface area (Å²) in [6.45, 7) is 3.71. The number of nitrogens with zero attached hydrogens (tertiary/aromatic N) is 3. The number of aryl methyl sites for hydroxylation is 2. The van der Waals surface area contributed by atoms with Crippen molar-refractivity contribution in [2.24, 2.45) is 0 Å². The summed E-state index contributed by atoms with van der Waals surface area (Å²) in [6.07, 6.45) is 3.74. The van der Waals surface area contributed by atoms with Crippen molar-refractivity contribution in [2.75, 3.05) is 16.8 Å². The molecule has 1 aromatic carbocycles. The van der Waals surface area contributed by atoms with Crippen LogP contribution in [0.2, 0.25) is 0 Å². The van der Waals surface area contributed by atoms with Crippen LogP contribution in [0.25, 0.3) is 0 Å². The molecule has 0 aliphatic carbocycles. The van der Waals surface area contributed by atoms with Gasteiger partial charge in [-0.1, -0.05) is 30.3 Å². The number of anilines is 2. The van der Waals surface area contributed by atoms with Crippen LogP contribution in [0.4, 0.5) is 11.5 Å². The van der Waals surface area contributed by atoms with Crippen molar-refractivity contribution in [3.8, 4) is 0 Å². The molecule has 0 spiro atoms. The van der Waals surface area contributed by atoms with Crippen LogP contribution in [0, 0.1) is 6.92 Å². The van der Waals surface area contributed by atoms with E-state index < -0.39 is 0 Å². The van der Waals surface area contributed by atoms with Gasteiger partial charge in [-0.3, -0.25) is 9.78 Å². The minimum atomic E-state index is -0.172. The van der Waals surface area contributed by atoms with Crippen molar-refractivity contribution in [1.82, 2.24) is 9.97 Å². The zero-order chi connectivity index (χ0) is 17.9. The van der Waals surface area contributed by atoms with Gasteiger partial charge in [0.25, 0.3) is 5.91 Å². The first-order chi connectivity index (χ1) is 12.7. The topological polar surface area (TPSA) is 58.1 Å². The van der Waals surface area contributed by atoms with Gasteiger partial charge in [0.2, 0.25) is 0 Å². The highest BCUT2D eigenvalue weighted by Crippen LogP contribution is 2.33. The van der Waals surface area contributed by atoms with Crippen molar-refractivity contribution in [2.45, 2.75) is 26.3 Å². The molecule has 5 nitrogen and oxygen atoms in total. The van der Waals surface area contributed by atoms with Gasteiger partial charge >= 0.3 is 0 Å². The normalized spacial score (nSPS) is 13.3. The Balaban J connectivity index is 1.53. The number of carbonyl (C=O) groups excluding carboxylic acids is 1. The third-order valence-corrected chi connectivity index (χ3v) is 5.49. The van der Waals surface area contributed by atoms with E-state index in [4.69, 9.17) is 0 Å². The third kappa shape index (κ3) is 3.60. The minimum absolute atomic E-state index is 0.172. The maximum Gasteiger partial charge on any atom is 0.284 e. The van der Waals surface area contributed by atoms with E-state index in [1.54, 1.807) is 6.20 Å². The minimum Gasteiger partial charge on any atom is -0.351 e. The second-order valence-corrected chi connectivity index (χ2v) is 7.50. The Morgan fingerprint density at radius 2 is 2.08 bits per heavy atom. The molecule has 0 unspecified atom stereocenters. The Morgan fingerprint density at radius 3 is 2.85 bits per heavy atom. The number of pyridine rings is 1. The highest BCUT2D eigenvalue weighted by atomic mass is 32.1. The second-order valence-electron chi connectivity index (χ2n) is 6.42. The van der Waals surface area contributed by atoms with E-state index in [2.05, 4.69) is 44.5 Å². The van der Waals surface area contributed by atoms with Crippen LogP contribution in [0.5, 0.6) is 0 Å². The molecule has 1 aliphatic heterocycles. The Kier molecular flexibility index (Phi) is 4.67. The van der Waals surface area contributed by atoms with Crippen molar-refractivity contribution < 1.29 is 4.79 Å². The summed E-state index contributed by atoms with van der Waals surface area (Å²) >= 11 is 1.49. The lowest BCUT2D eigenvalue weighted by Crippen LogP contribution is -2.28. The summed E-state index contributed by atoms with van der Waals surface area (Å²) in [6, 6.07) is 14.1. The molecule has 1 aliphatic rings. The molecular weight excluding hydrogens is 344 g/mol. The molecule has 0 saturated carbocycles. The van der Waals surface area contributed by atoms with Crippen molar-refractivity contribution >= 4 is 28.7 Å². The molecule has 0 fully saturated rings. The van der Waals surface area contributed by atoms with E-state index in [9.17, 15) is 4.79 Å². The molecule has 1 amide bonds. The van der Waals surface area contributed by atoms with Crippen molar-refractivity contribution in [1.29, 1.82) is 0 Å². The predicted octanol–water partition coefficient (Wildman–Crippen LogP) is 4.05. The van der Waals surface area contributed by atoms with Gasteiger partial charge in [-0.25, -0.2) is 4.98 Å². The van der Waals surface area contributed by atoms with Gasteiger partial charge < -0.3 is 10.2 Å².